The van der Waals surface area contributed by atoms with Crippen molar-refractivity contribution < 1.29 is 19.1 Å². The lowest BCUT2D eigenvalue weighted by Gasteiger charge is -2.21. The average Bonchev–Trinajstić information content (AvgIpc) is 2.79. The number of hydrogen-bond acceptors (Lipinski definition) is 7. The smallest absolute Gasteiger partial charge is 0.328 e. The largest absolute Gasteiger partial charge is 0.467 e. The number of fused-ring (bicyclic) bond motifs is 1. The molecule has 172 valence electrons. The molecule has 0 spiro atoms. The molecule has 2 aromatic carbocycles. The summed E-state index contributed by atoms with van der Waals surface area (Å²) in [7, 11) is 1.35. The fraction of sp³-hybridized carbons (Fsp3) is 0.292. The van der Waals surface area contributed by atoms with Crippen LogP contribution in [0.5, 0.6) is 0 Å². The number of hydrogen-bond donors (Lipinski definition) is 3. The number of ether oxygens (including phenoxy) is 1. The van der Waals surface area contributed by atoms with Crippen molar-refractivity contribution >= 4 is 40.2 Å². The maximum absolute atomic E-state index is 12.6. The third kappa shape index (κ3) is 6.03. The van der Waals surface area contributed by atoms with E-state index in [1.165, 1.54) is 14.0 Å². The van der Waals surface area contributed by atoms with Gasteiger partial charge in [0.05, 0.1) is 19.2 Å². The molecule has 0 aliphatic rings. The minimum atomic E-state index is -0.590. The molecule has 0 fully saturated rings. The standard InChI is InChI=1S/C24H27N5O4/c1-14(2)21(24(32)33-4)29-22-18-10-5-6-11-19(18)27-20(28-22)13-25-23(31)16-8-7-9-17(12-16)26-15(3)30/h5-12,14,21H,13H2,1-4H3,(H,25,31)(H,26,30)(H,27,28,29)/t21-/m0/s1. The summed E-state index contributed by atoms with van der Waals surface area (Å²) in [5.74, 6) is -0.102. The van der Waals surface area contributed by atoms with Crippen molar-refractivity contribution in [2.75, 3.05) is 17.7 Å². The molecule has 0 aliphatic carbocycles. The molecule has 1 aromatic heterocycles. The molecule has 1 heterocycles. The molecule has 0 bridgehead atoms. The van der Waals surface area contributed by atoms with Gasteiger partial charge in [0.25, 0.3) is 5.91 Å². The normalized spacial score (nSPS) is 11.7. The fourth-order valence-electron chi connectivity index (χ4n) is 3.29. The number of methoxy groups -OCH3 is 1. The van der Waals surface area contributed by atoms with Gasteiger partial charge in [0, 0.05) is 23.6 Å². The number of carbonyl (C=O) groups is 3. The maximum Gasteiger partial charge on any atom is 0.328 e. The third-order valence-corrected chi connectivity index (χ3v) is 4.92. The minimum Gasteiger partial charge on any atom is -0.467 e. The van der Waals surface area contributed by atoms with Crippen LogP contribution >= 0.6 is 0 Å². The minimum absolute atomic E-state index is 0.0368. The summed E-state index contributed by atoms with van der Waals surface area (Å²) in [6.45, 7) is 5.30. The lowest BCUT2D eigenvalue weighted by atomic mass is 10.0. The highest BCUT2D eigenvalue weighted by Crippen LogP contribution is 2.22. The molecular formula is C24H27N5O4. The highest BCUT2D eigenvalue weighted by molar-refractivity contribution is 5.97. The summed E-state index contributed by atoms with van der Waals surface area (Å²) in [5, 5.41) is 9.39. The number of carbonyl (C=O) groups excluding carboxylic acids is 3. The number of anilines is 2. The first-order valence-electron chi connectivity index (χ1n) is 10.5. The van der Waals surface area contributed by atoms with Crippen LogP contribution in [-0.2, 0) is 20.9 Å². The Balaban J connectivity index is 1.83. The number of benzene rings is 2. The summed E-state index contributed by atoms with van der Waals surface area (Å²) >= 11 is 0. The van der Waals surface area contributed by atoms with E-state index in [2.05, 4.69) is 25.9 Å². The van der Waals surface area contributed by atoms with E-state index in [9.17, 15) is 14.4 Å². The van der Waals surface area contributed by atoms with Crippen LogP contribution in [0.25, 0.3) is 10.9 Å². The Labute approximate surface area is 192 Å². The molecule has 0 saturated carbocycles. The number of nitrogens with zero attached hydrogens (tertiary/aromatic N) is 2. The van der Waals surface area contributed by atoms with Crippen LogP contribution < -0.4 is 16.0 Å². The Kier molecular flexibility index (Phi) is 7.55. The Bertz CT molecular complexity index is 1180. The van der Waals surface area contributed by atoms with Gasteiger partial charge in [0.15, 0.2) is 5.82 Å². The Morgan fingerprint density at radius 1 is 1.03 bits per heavy atom. The molecular weight excluding hydrogens is 422 g/mol. The number of aromatic nitrogens is 2. The fourth-order valence-corrected chi connectivity index (χ4v) is 3.29. The van der Waals surface area contributed by atoms with Gasteiger partial charge in [-0.1, -0.05) is 32.0 Å². The zero-order valence-electron chi connectivity index (χ0n) is 19.0. The molecule has 0 saturated heterocycles. The molecule has 3 N–H and O–H groups in total. The number of rotatable bonds is 8. The van der Waals surface area contributed by atoms with Crippen LogP contribution in [0.15, 0.2) is 48.5 Å². The second-order valence-electron chi connectivity index (χ2n) is 7.84. The number of esters is 1. The molecule has 3 rings (SSSR count). The molecule has 9 heteroatoms. The lowest BCUT2D eigenvalue weighted by Crippen LogP contribution is -2.36. The van der Waals surface area contributed by atoms with Crippen LogP contribution in [-0.4, -0.2) is 40.9 Å². The zero-order valence-corrected chi connectivity index (χ0v) is 19.0. The molecule has 0 unspecified atom stereocenters. The van der Waals surface area contributed by atoms with E-state index in [0.29, 0.717) is 28.4 Å². The van der Waals surface area contributed by atoms with E-state index in [1.807, 2.05) is 38.1 Å². The molecule has 9 nitrogen and oxygen atoms in total. The molecule has 33 heavy (non-hydrogen) atoms. The van der Waals surface area contributed by atoms with Crippen LogP contribution in [0.4, 0.5) is 11.5 Å². The monoisotopic (exact) mass is 449 g/mol. The first-order chi connectivity index (χ1) is 15.8. The van der Waals surface area contributed by atoms with E-state index in [0.717, 1.165) is 5.39 Å². The van der Waals surface area contributed by atoms with E-state index in [4.69, 9.17) is 4.74 Å². The van der Waals surface area contributed by atoms with E-state index < -0.39 is 6.04 Å². The maximum atomic E-state index is 12.6. The van der Waals surface area contributed by atoms with Gasteiger partial charge in [-0.3, -0.25) is 9.59 Å². The first-order valence-corrected chi connectivity index (χ1v) is 10.5. The summed E-state index contributed by atoms with van der Waals surface area (Å²) < 4.78 is 4.92. The van der Waals surface area contributed by atoms with Crippen molar-refractivity contribution in [3.8, 4) is 0 Å². The number of amides is 2. The summed E-state index contributed by atoms with van der Waals surface area (Å²) in [6, 6.07) is 13.5. The van der Waals surface area contributed by atoms with Crippen LogP contribution in [0.2, 0.25) is 0 Å². The van der Waals surface area contributed by atoms with Crippen molar-refractivity contribution in [2.24, 2.45) is 5.92 Å². The second-order valence-corrected chi connectivity index (χ2v) is 7.84. The number of nitrogens with one attached hydrogen (secondary N) is 3. The van der Waals surface area contributed by atoms with Crippen molar-refractivity contribution in [2.45, 2.75) is 33.4 Å². The van der Waals surface area contributed by atoms with Crippen molar-refractivity contribution in [1.82, 2.24) is 15.3 Å². The van der Waals surface area contributed by atoms with Gasteiger partial charge in [-0.15, -0.1) is 0 Å². The first kappa shape index (κ1) is 23.6. The van der Waals surface area contributed by atoms with Gasteiger partial charge in [-0.25, -0.2) is 14.8 Å². The molecule has 3 aromatic rings. The van der Waals surface area contributed by atoms with E-state index in [-0.39, 0.29) is 30.2 Å². The van der Waals surface area contributed by atoms with Gasteiger partial charge in [-0.2, -0.15) is 0 Å². The zero-order chi connectivity index (χ0) is 24.0. The highest BCUT2D eigenvalue weighted by atomic mass is 16.5. The Morgan fingerprint density at radius 3 is 2.48 bits per heavy atom. The van der Waals surface area contributed by atoms with Crippen molar-refractivity contribution in [3.63, 3.8) is 0 Å². The van der Waals surface area contributed by atoms with Crippen LogP contribution in [0.3, 0.4) is 0 Å². The third-order valence-electron chi connectivity index (χ3n) is 4.92. The number of para-hydroxylation sites is 1. The van der Waals surface area contributed by atoms with Crippen LogP contribution in [0.1, 0.15) is 37.0 Å². The van der Waals surface area contributed by atoms with Gasteiger partial charge < -0.3 is 20.7 Å². The lowest BCUT2D eigenvalue weighted by molar-refractivity contribution is -0.142. The molecule has 2 amide bonds. The topological polar surface area (TPSA) is 122 Å². The van der Waals surface area contributed by atoms with E-state index in [1.54, 1.807) is 24.3 Å². The van der Waals surface area contributed by atoms with Gasteiger partial charge >= 0.3 is 5.97 Å². The van der Waals surface area contributed by atoms with Crippen molar-refractivity contribution in [3.05, 3.63) is 59.9 Å². The van der Waals surface area contributed by atoms with E-state index >= 15 is 0 Å². The quantitative estimate of drug-likeness (QED) is 0.452. The molecule has 0 aliphatic heterocycles. The van der Waals surface area contributed by atoms with Gasteiger partial charge in [0.1, 0.15) is 11.9 Å². The van der Waals surface area contributed by atoms with Gasteiger partial charge in [-0.05, 0) is 36.2 Å². The average molecular weight is 450 g/mol. The van der Waals surface area contributed by atoms with Crippen molar-refractivity contribution in [1.29, 1.82) is 0 Å². The Hall–Kier alpha value is -4.01. The predicted octanol–water partition coefficient (Wildman–Crippen LogP) is 3.13. The molecule has 1 atom stereocenters. The summed E-state index contributed by atoms with van der Waals surface area (Å²) in [5.41, 5.74) is 1.61. The highest BCUT2D eigenvalue weighted by Gasteiger charge is 2.24. The predicted molar refractivity (Wildman–Crippen MR) is 126 cm³/mol. The van der Waals surface area contributed by atoms with Gasteiger partial charge in [0.2, 0.25) is 5.91 Å². The second kappa shape index (κ2) is 10.5. The molecule has 0 radical (unpaired) electrons. The summed E-state index contributed by atoms with van der Waals surface area (Å²) in [6.07, 6.45) is 0. The summed E-state index contributed by atoms with van der Waals surface area (Å²) in [4.78, 5) is 45.2. The SMILES string of the molecule is COC(=O)[C@@H](Nc1nc(CNC(=O)c2cccc(NC(C)=O)c2)nc2ccccc12)C(C)C. The Morgan fingerprint density at radius 2 is 1.79 bits per heavy atom. The van der Waals surface area contributed by atoms with Crippen LogP contribution in [0, 0.1) is 5.92 Å².